The first kappa shape index (κ1) is 29.6. The molecule has 8 atom stereocenters. The lowest BCUT2D eigenvalue weighted by Crippen LogP contribution is -2.50. The van der Waals surface area contributed by atoms with Gasteiger partial charge in [0.2, 0.25) is 0 Å². The van der Waals surface area contributed by atoms with Gasteiger partial charge in [0, 0.05) is 0 Å². The highest BCUT2D eigenvalue weighted by atomic mass is 32.2. The van der Waals surface area contributed by atoms with Crippen LogP contribution in [-0.4, -0.2) is 78.2 Å². The third kappa shape index (κ3) is 5.24. The van der Waals surface area contributed by atoms with E-state index in [2.05, 4.69) is 4.74 Å². The van der Waals surface area contributed by atoms with Crippen LogP contribution in [0.15, 0.2) is 0 Å². The summed E-state index contributed by atoms with van der Waals surface area (Å²) in [5.41, 5.74) is -0.647. The van der Waals surface area contributed by atoms with Crippen molar-refractivity contribution in [3.05, 3.63) is 0 Å². The molecule has 1 N–H and O–H groups in total. The summed E-state index contributed by atoms with van der Waals surface area (Å²) in [6.45, 7) is 4.58. The molecule has 1 saturated carbocycles. The molecule has 0 aromatic rings. The van der Waals surface area contributed by atoms with Gasteiger partial charge in [-0.25, -0.2) is 0 Å². The molecule has 4 fully saturated rings. The van der Waals surface area contributed by atoms with E-state index in [0.717, 1.165) is 19.3 Å². The van der Waals surface area contributed by atoms with Crippen LogP contribution in [0.5, 0.6) is 0 Å². The van der Waals surface area contributed by atoms with E-state index in [0.29, 0.717) is 19.8 Å². The molecule has 4 aliphatic rings. The van der Waals surface area contributed by atoms with Crippen molar-refractivity contribution < 1.29 is 64.6 Å². The summed E-state index contributed by atoms with van der Waals surface area (Å²) in [6.07, 6.45) is -3.81. The highest BCUT2D eigenvalue weighted by Crippen LogP contribution is 2.52. The fraction of sp³-hybridized carbons (Fsp3) is 0.833. The lowest BCUT2D eigenvalue weighted by atomic mass is 9.78. The predicted molar refractivity (Wildman–Crippen MR) is 123 cm³/mol. The topological polar surface area (TPSA) is 169 Å². The van der Waals surface area contributed by atoms with Crippen LogP contribution in [0.25, 0.3) is 0 Å². The monoisotopic (exact) mass is 582 g/mol. The molecule has 0 aromatic carbocycles. The van der Waals surface area contributed by atoms with Gasteiger partial charge in [0.15, 0.2) is 18.3 Å². The lowest BCUT2D eigenvalue weighted by molar-refractivity contribution is -0.178. The largest absolute Gasteiger partial charge is 0.458 e. The van der Waals surface area contributed by atoms with E-state index in [9.17, 15) is 36.4 Å². The summed E-state index contributed by atoms with van der Waals surface area (Å²) in [5.74, 6) is -5.44. The van der Waals surface area contributed by atoms with Crippen molar-refractivity contribution in [3.8, 4) is 0 Å². The van der Waals surface area contributed by atoms with Gasteiger partial charge in [0.05, 0.1) is 12.8 Å². The summed E-state index contributed by atoms with van der Waals surface area (Å²) in [5, 5.41) is -4.75. The molecule has 2 bridgehead atoms. The Kier molecular flexibility index (Phi) is 8.00. The zero-order valence-corrected chi connectivity index (χ0v) is 22.5. The summed E-state index contributed by atoms with van der Waals surface area (Å²) in [4.78, 5) is 50.4. The number of ether oxygens (including phenoxy) is 5. The first-order chi connectivity index (χ1) is 18.1. The number of hydrogen-bond acceptors (Lipinski definition) is 11. The van der Waals surface area contributed by atoms with Crippen LogP contribution in [0.4, 0.5) is 8.78 Å². The molecule has 39 heavy (non-hydrogen) atoms. The zero-order valence-electron chi connectivity index (χ0n) is 21.7. The van der Waals surface area contributed by atoms with E-state index in [-0.39, 0.29) is 5.92 Å². The molecule has 0 radical (unpaired) electrons. The Morgan fingerprint density at radius 1 is 1.10 bits per heavy atom. The maximum absolute atomic E-state index is 13.6. The number of carbonyl (C=O) groups is 4. The highest BCUT2D eigenvalue weighted by Gasteiger charge is 2.72. The maximum atomic E-state index is 13.6. The van der Waals surface area contributed by atoms with E-state index < -0.39 is 100 Å². The average molecular weight is 583 g/mol. The minimum Gasteiger partial charge on any atom is -0.458 e. The van der Waals surface area contributed by atoms with Gasteiger partial charge in [0.1, 0.15) is 29.6 Å². The van der Waals surface area contributed by atoms with E-state index in [4.69, 9.17) is 23.5 Å². The van der Waals surface area contributed by atoms with Crippen molar-refractivity contribution in [3.63, 3.8) is 0 Å². The minimum absolute atomic E-state index is 0.0975. The van der Waals surface area contributed by atoms with E-state index in [1.165, 1.54) is 0 Å². The maximum Gasteiger partial charge on any atom is 0.405 e. The second-order valence-electron chi connectivity index (χ2n) is 10.6. The SMILES string of the molecule is CCC(C)C1(OC(=O)C2C3OC4C(OC(=O)C42)C3OC(=O)CCC(=O)OC(C)C(F)(F)S(=O)(=O)O)CCCC1. The van der Waals surface area contributed by atoms with Gasteiger partial charge in [-0.15, -0.1) is 0 Å². The fourth-order valence-corrected chi connectivity index (χ4v) is 6.47. The number of carbonyl (C=O) groups excluding carboxylic acids is 4. The van der Waals surface area contributed by atoms with Gasteiger partial charge in [-0.1, -0.05) is 13.8 Å². The second-order valence-corrected chi connectivity index (χ2v) is 12.1. The quantitative estimate of drug-likeness (QED) is 0.214. The molecule has 12 nitrogen and oxygen atoms in total. The van der Waals surface area contributed by atoms with Crippen molar-refractivity contribution in [2.24, 2.45) is 17.8 Å². The number of esters is 4. The van der Waals surface area contributed by atoms with Gasteiger partial charge in [-0.3, -0.25) is 23.7 Å². The smallest absolute Gasteiger partial charge is 0.405 e. The number of halogens is 2. The van der Waals surface area contributed by atoms with Crippen molar-refractivity contribution in [2.45, 2.75) is 107 Å². The summed E-state index contributed by atoms with van der Waals surface area (Å²) < 4.78 is 84.3. The first-order valence-corrected chi connectivity index (χ1v) is 14.4. The lowest BCUT2D eigenvalue weighted by Gasteiger charge is -2.37. The van der Waals surface area contributed by atoms with Crippen molar-refractivity contribution in [1.29, 1.82) is 0 Å². The van der Waals surface area contributed by atoms with Gasteiger partial charge < -0.3 is 23.7 Å². The Balaban J connectivity index is 1.38. The van der Waals surface area contributed by atoms with Gasteiger partial charge in [-0.2, -0.15) is 17.2 Å². The Labute approximate surface area is 223 Å². The molecule has 0 amide bonds. The van der Waals surface area contributed by atoms with E-state index in [1.54, 1.807) is 0 Å². The predicted octanol–water partition coefficient (Wildman–Crippen LogP) is 1.93. The van der Waals surface area contributed by atoms with Gasteiger partial charge >= 0.3 is 39.2 Å². The number of hydrogen-bond donors (Lipinski definition) is 1. The second kappa shape index (κ2) is 10.5. The third-order valence-corrected chi connectivity index (χ3v) is 9.39. The Bertz CT molecular complexity index is 1120. The average Bonchev–Trinajstić information content (AvgIpc) is 3.60. The van der Waals surface area contributed by atoms with E-state index in [1.807, 2.05) is 13.8 Å². The van der Waals surface area contributed by atoms with Crippen LogP contribution >= 0.6 is 0 Å². The van der Waals surface area contributed by atoms with Crippen LogP contribution in [0.1, 0.15) is 65.7 Å². The molecule has 0 spiro atoms. The fourth-order valence-electron chi connectivity index (χ4n) is 6.00. The molecular formula is C24H32F2O12S. The molecule has 4 rings (SSSR count). The minimum atomic E-state index is -5.83. The zero-order chi connectivity index (χ0) is 28.9. The van der Waals surface area contributed by atoms with Crippen molar-refractivity contribution in [2.75, 3.05) is 0 Å². The summed E-state index contributed by atoms with van der Waals surface area (Å²) in [7, 11) is -5.83. The molecule has 3 heterocycles. The van der Waals surface area contributed by atoms with Crippen LogP contribution in [-0.2, 0) is 53.0 Å². The van der Waals surface area contributed by atoms with Crippen molar-refractivity contribution >= 4 is 34.0 Å². The molecule has 1 aliphatic carbocycles. The Morgan fingerprint density at radius 3 is 2.31 bits per heavy atom. The molecule has 0 aromatic heterocycles. The van der Waals surface area contributed by atoms with Gasteiger partial charge in [0.25, 0.3) is 0 Å². The van der Waals surface area contributed by atoms with Crippen LogP contribution in [0, 0.1) is 17.8 Å². The summed E-state index contributed by atoms with van der Waals surface area (Å²) >= 11 is 0. The van der Waals surface area contributed by atoms with Gasteiger partial charge in [-0.05, 0) is 44.9 Å². The number of fused-ring (bicyclic) bond motifs is 1. The Morgan fingerprint density at radius 2 is 1.72 bits per heavy atom. The Hall–Kier alpha value is -2.39. The molecule has 220 valence electrons. The third-order valence-electron chi connectivity index (χ3n) is 8.37. The highest BCUT2D eigenvalue weighted by molar-refractivity contribution is 7.86. The standard InChI is InChI=1S/C24H32F2O12S/c1-4-11(2)23(9-5-6-10-23)38-22(30)16-15-17-20(37-21(15)29)19(18(16)36-17)35-14(28)8-7-13(27)34-12(3)24(25,26)39(31,32)33/h11-12,15-20H,4-10H2,1-3H3,(H,31,32,33). The first-order valence-electron chi connectivity index (χ1n) is 13.0. The molecule has 8 unspecified atom stereocenters. The molecule has 3 aliphatic heterocycles. The van der Waals surface area contributed by atoms with Crippen LogP contribution < -0.4 is 0 Å². The number of alkyl halides is 2. The van der Waals surface area contributed by atoms with Crippen LogP contribution in [0.2, 0.25) is 0 Å². The summed E-state index contributed by atoms with van der Waals surface area (Å²) in [6, 6.07) is 0. The number of rotatable bonds is 11. The van der Waals surface area contributed by atoms with Crippen molar-refractivity contribution in [1.82, 2.24) is 0 Å². The van der Waals surface area contributed by atoms with Crippen LogP contribution in [0.3, 0.4) is 0 Å². The molecular weight excluding hydrogens is 550 g/mol. The normalized spacial score (nSPS) is 32.4. The molecule has 3 saturated heterocycles. The molecule has 15 heteroatoms. The van der Waals surface area contributed by atoms with E-state index >= 15 is 0 Å².